The Morgan fingerprint density at radius 3 is 2.90 bits per heavy atom. The first kappa shape index (κ1) is 13.2. The Labute approximate surface area is 119 Å². The van der Waals surface area contributed by atoms with E-state index in [1.807, 2.05) is 12.1 Å². The van der Waals surface area contributed by atoms with Crippen molar-refractivity contribution in [2.45, 2.75) is 25.7 Å². The number of benzene rings is 1. The summed E-state index contributed by atoms with van der Waals surface area (Å²) in [4.78, 5) is 16.7. The van der Waals surface area contributed by atoms with Crippen molar-refractivity contribution in [1.82, 2.24) is 9.88 Å². The maximum absolute atomic E-state index is 10.7. The van der Waals surface area contributed by atoms with E-state index in [1.54, 1.807) is 0 Å². The number of fused-ring (bicyclic) bond motifs is 1. The van der Waals surface area contributed by atoms with Crippen LogP contribution in [0, 0.1) is 0 Å². The Bertz CT molecular complexity index is 597. The average molecular weight is 271 g/mol. The minimum Gasteiger partial charge on any atom is -0.358 e. The van der Waals surface area contributed by atoms with Crippen LogP contribution in [-0.2, 0) is 4.79 Å². The highest BCUT2D eigenvalue weighted by Gasteiger charge is 2.21. The zero-order chi connectivity index (χ0) is 13.9. The summed E-state index contributed by atoms with van der Waals surface area (Å²) in [6.07, 6.45) is 3.15. The topological polar surface area (TPSA) is 48.1 Å². The molecule has 106 valence electrons. The first-order valence-corrected chi connectivity index (χ1v) is 7.36. The minimum atomic E-state index is 0.606. The third kappa shape index (κ3) is 2.43. The second-order valence-corrected chi connectivity index (χ2v) is 5.46. The maximum atomic E-state index is 10.7. The normalized spacial score (nSPS) is 17.4. The zero-order valence-corrected chi connectivity index (χ0v) is 11.9. The van der Waals surface area contributed by atoms with Gasteiger partial charge in [-0.05, 0) is 50.7 Å². The van der Waals surface area contributed by atoms with Gasteiger partial charge in [-0.25, -0.2) is 0 Å². The first-order chi connectivity index (χ1) is 9.81. The summed E-state index contributed by atoms with van der Waals surface area (Å²) in [7, 11) is 0. The maximum Gasteiger partial charge on any atom is 0.211 e. The molecule has 1 aromatic heterocycles. The number of nitrogens with one attached hydrogen (secondary N) is 2. The molecule has 1 aliphatic heterocycles. The number of anilines is 1. The third-order valence-corrected chi connectivity index (χ3v) is 4.37. The molecule has 1 saturated heterocycles. The third-order valence-electron chi connectivity index (χ3n) is 4.37. The van der Waals surface area contributed by atoms with Gasteiger partial charge in [-0.15, -0.1) is 0 Å². The molecule has 20 heavy (non-hydrogen) atoms. The number of aromatic nitrogens is 1. The standard InChI is InChI=1S/C16H21N3O/c1-2-19-8-6-12(7-9-19)16-10-13-14(17-11-20)4-3-5-15(13)18-16/h3-5,10-12,18H,2,6-9H2,1H3,(H,17,20). The van der Waals surface area contributed by atoms with E-state index in [-0.39, 0.29) is 0 Å². The molecule has 0 radical (unpaired) electrons. The van der Waals surface area contributed by atoms with Crippen molar-refractivity contribution in [3.8, 4) is 0 Å². The van der Waals surface area contributed by atoms with Crippen LogP contribution in [-0.4, -0.2) is 35.9 Å². The van der Waals surface area contributed by atoms with Crippen LogP contribution in [0.25, 0.3) is 10.9 Å². The molecule has 1 aromatic carbocycles. The molecule has 0 atom stereocenters. The fraction of sp³-hybridized carbons (Fsp3) is 0.438. The number of H-pyrrole nitrogens is 1. The van der Waals surface area contributed by atoms with E-state index in [0.717, 1.165) is 29.5 Å². The second kappa shape index (κ2) is 5.67. The van der Waals surface area contributed by atoms with Crippen molar-refractivity contribution in [2.24, 2.45) is 0 Å². The number of rotatable bonds is 4. The average Bonchev–Trinajstić information content (AvgIpc) is 2.93. The predicted molar refractivity (Wildman–Crippen MR) is 82.1 cm³/mol. The van der Waals surface area contributed by atoms with Crippen LogP contribution in [0.15, 0.2) is 24.3 Å². The lowest BCUT2D eigenvalue weighted by atomic mass is 9.93. The van der Waals surface area contributed by atoms with Crippen LogP contribution in [0.4, 0.5) is 5.69 Å². The van der Waals surface area contributed by atoms with E-state index in [1.165, 1.54) is 31.6 Å². The van der Waals surface area contributed by atoms with Gasteiger partial charge in [0.2, 0.25) is 6.41 Å². The molecule has 0 unspecified atom stereocenters. The number of nitrogens with zero attached hydrogens (tertiary/aromatic N) is 1. The largest absolute Gasteiger partial charge is 0.358 e. The monoisotopic (exact) mass is 271 g/mol. The van der Waals surface area contributed by atoms with E-state index in [4.69, 9.17) is 0 Å². The Morgan fingerprint density at radius 2 is 2.20 bits per heavy atom. The molecular weight excluding hydrogens is 250 g/mol. The number of piperidine rings is 1. The van der Waals surface area contributed by atoms with Gasteiger partial charge in [-0.2, -0.15) is 0 Å². The number of carbonyl (C=O) groups excluding carboxylic acids is 1. The molecule has 0 saturated carbocycles. The summed E-state index contributed by atoms with van der Waals surface area (Å²) in [6, 6.07) is 8.17. The van der Waals surface area contributed by atoms with Gasteiger partial charge in [0.05, 0.1) is 0 Å². The predicted octanol–water partition coefficient (Wildman–Crippen LogP) is 2.94. The van der Waals surface area contributed by atoms with E-state index >= 15 is 0 Å². The number of hydrogen-bond acceptors (Lipinski definition) is 2. The summed E-state index contributed by atoms with van der Waals surface area (Å²) < 4.78 is 0. The summed E-state index contributed by atoms with van der Waals surface area (Å²) in [5.74, 6) is 0.606. The molecule has 4 nitrogen and oxygen atoms in total. The molecular formula is C16H21N3O. The molecule has 1 amide bonds. The molecule has 3 rings (SSSR count). The lowest BCUT2D eigenvalue weighted by Gasteiger charge is -2.30. The minimum absolute atomic E-state index is 0.606. The van der Waals surface area contributed by atoms with Crippen molar-refractivity contribution >= 4 is 23.0 Å². The number of likely N-dealkylation sites (tertiary alicyclic amines) is 1. The fourth-order valence-corrected chi connectivity index (χ4v) is 3.15. The Hall–Kier alpha value is -1.81. The number of hydrogen-bond donors (Lipinski definition) is 2. The van der Waals surface area contributed by atoms with Gasteiger partial charge >= 0.3 is 0 Å². The zero-order valence-electron chi connectivity index (χ0n) is 11.9. The SMILES string of the molecule is CCN1CCC(c2cc3c(NC=O)cccc3[nH]2)CC1. The molecule has 0 aliphatic carbocycles. The van der Waals surface area contributed by atoms with Gasteiger partial charge in [0, 0.05) is 28.2 Å². The molecule has 1 fully saturated rings. The van der Waals surface area contributed by atoms with Crippen LogP contribution < -0.4 is 5.32 Å². The van der Waals surface area contributed by atoms with Crippen LogP contribution in [0.1, 0.15) is 31.4 Å². The van der Waals surface area contributed by atoms with Crippen LogP contribution in [0.3, 0.4) is 0 Å². The van der Waals surface area contributed by atoms with Crippen molar-refractivity contribution in [3.63, 3.8) is 0 Å². The smallest absolute Gasteiger partial charge is 0.211 e. The molecule has 1 aliphatic rings. The van der Waals surface area contributed by atoms with Gasteiger partial charge in [0.15, 0.2) is 0 Å². The van der Waals surface area contributed by atoms with Crippen molar-refractivity contribution in [1.29, 1.82) is 0 Å². The van der Waals surface area contributed by atoms with Crippen LogP contribution >= 0.6 is 0 Å². The lowest BCUT2D eigenvalue weighted by molar-refractivity contribution is -0.105. The fourth-order valence-electron chi connectivity index (χ4n) is 3.15. The van der Waals surface area contributed by atoms with Gasteiger partial charge < -0.3 is 15.2 Å². The van der Waals surface area contributed by atoms with Crippen LogP contribution in [0.2, 0.25) is 0 Å². The van der Waals surface area contributed by atoms with Crippen molar-refractivity contribution < 1.29 is 4.79 Å². The number of carbonyl (C=O) groups is 1. The number of aromatic amines is 1. The summed E-state index contributed by atoms with van der Waals surface area (Å²) >= 11 is 0. The number of amides is 1. The summed E-state index contributed by atoms with van der Waals surface area (Å²) in [5.41, 5.74) is 3.28. The molecule has 2 heterocycles. The van der Waals surface area contributed by atoms with E-state index in [9.17, 15) is 4.79 Å². The second-order valence-electron chi connectivity index (χ2n) is 5.46. The molecule has 0 bridgehead atoms. The highest BCUT2D eigenvalue weighted by Crippen LogP contribution is 2.32. The highest BCUT2D eigenvalue weighted by atomic mass is 16.1. The molecule has 0 spiro atoms. The van der Waals surface area contributed by atoms with Gasteiger partial charge in [-0.1, -0.05) is 13.0 Å². The van der Waals surface area contributed by atoms with E-state index in [0.29, 0.717) is 5.92 Å². The van der Waals surface area contributed by atoms with Crippen molar-refractivity contribution in [3.05, 3.63) is 30.0 Å². The van der Waals surface area contributed by atoms with Crippen molar-refractivity contribution in [2.75, 3.05) is 25.0 Å². The Kier molecular flexibility index (Phi) is 3.74. The van der Waals surface area contributed by atoms with E-state index in [2.05, 4.69) is 34.3 Å². The Balaban J connectivity index is 1.86. The summed E-state index contributed by atoms with van der Waals surface area (Å²) in [5, 5.41) is 3.88. The van der Waals surface area contributed by atoms with Gasteiger partial charge in [-0.3, -0.25) is 4.79 Å². The quantitative estimate of drug-likeness (QED) is 0.840. The van der Waals surface area contributed by atoms with Gasteiger partial charge in [0.1, 0.15) is 0 Å². The van der Waals surface area contributed by atoms with Crippen LogP contribution in [0.5, 0.6) is 0 Å². The Morgan fingerprint density at radius 1 is 1.40 bits per heavy atom. The molecule has 2 aromatic rings. The molecule has 2 N–H and O–H groups in total. The van der Waals surface area contributed by atoms with Gasteiger partial charge in [0.25, 0.3) is 0 Å². The first-order valence-electron chi connectivity index (χ1n) is 7.36. The molecule has 4 heteroatoms. The summed E-state index contributed by atoms with van der Waals surface area (Å²) in [6.45, 7) is 5.72. The highest BCUT2D eigenvalue weighted by molar-refractivity contribution is 5.96. The lowest BCUT2D eigenvalue weighted by Crippen LogP contribution is -2.32. The van der Waals surface area contributed by atoms with E-state index < -0.39 is 0 Å².